The summed E-state index contributed by atoms with van der Waals surface area (Å²) >= 11 is 0. The van der Waals surface area contributed by atoms with Gasteiger partial charge in [0, 0.05) is 12.8 Å². The fourth-order valence-corrected chi connectivity index (χ4v) is 5.23. The highest BCUT2D eigenvalue weighted by Crippen LogP contribution is 2.52. The quantitative estimate of drug-likeness (QED) is 0.460. The molecule has 142 valence electrons. The van der Waals surface area contributed by atoms with Crippen LogP contribution < -0.4 is 0 Å². The fourth-order valence-electron chi connectivity index (χ4n) is 5.23. The Balaban J connectivity index is 1.42. The molecule has 0 aromatic heterocycles. The van der Waals surface area contributed by atoms with E-state index in [4.69, 9.17) is 9.47 Å². The molecule has 3 saturated heterocycles. The van der Waals surface area contributed by atoms with Crippen LogP contribution in [-0.2, 0) is 14.3 Å². The molecule has 1 aromatic carbocycles. The van der Waals surface area contributed by atoms with Gasteiger partial charge < -0.3 is 19.1 Å². The number of benzene rings is 1. The van der Waals surface area contributed by atoms with Gasteiger partial charge in [0.05, 0.1) is 20.2 Å². The van der Waals surface area contributed by atoms with Crippen molar-refractivity contribution in [1.29, 1.82) is 0 Å². The molecule has 3 aliphatic rings. The first-order valence-corrected chi connectivity index (χ1v) is 9.95. The van der Waals surface area contributed by atoms with Crippen LogP contribution in [0, 0.1) is 0 Å². The lowest BCUT2D eigenvalue weighted by molar-refractivity contribution is -0.956. The molecule has 5 nitrogen and oxygen atoms in total. The number of ether oxygens (including phenoxy) is 2. The number of hydrogen-bond acceptors (Lipinski definition) is 4. The van der Waals surface area contributed by atoms with Gasteiger partial charge in [-0.05, 0) is 12.0 Å². The van der Waals surface area contributed by atoms with E-state index in [9.17, 15) is 9.90 Å². The van der Waals surface area contributed by atoms with Crippen LogP contribution in [-0.4, -0.2) is 66.2 Å². The number of piperidine rings is 1. The second kappa shape index (κ2) is 6.95. The van der Waals surface area contributed by atoms with Crippen molar-refractivity contribution in [3.05, 3.63) is 35.9 Å². The summed E-state index contributed by atoms with van der Waals surface area (Å²) in [5, 5.41) is 9.70. The number of nitrogens with zero attached hydrogens (tertiary/aromatic N) is 1. The van der Waals surface area contributed by atoms with Crippen molar-refractivity contribution < 1.29 is 23.9 Å². The number of epoxide rings is 1. The van der Waals surface area contributed by atoms with Crippen molar-refractivity contribution in [2.45, 2.75) is 68.9 Å². The van der Waals surface area contributed by atoms with Crippen molar-refractivity contribution in [3.63, 3.8) is 0 Å². The summed E-state index contributed by atoms with van der Waals surface area (Å²) in [4.78, 5) is 12.7. The van der Waals surface area contributed by atoms with Gasteiger partial charge in [-0.2, -0.15) is 0 Å². The first-order chi connectivity index (χ1) is 12.6. The van der Waals surface area contributed by atoms with E-state index in [-0.39, 0.29) is 18.7 Å². The van der Waals surface area contributed by atoms with Crippen LogP contribution in [0.2, 0.25) is 0 Å². The van der Waals surface area contributed by atoms with Crippen molar-refractivity contribution >= 4 is 5.97 Å². The third kappa shape index (κ3) is 2.96. The Morgan fingerprint density at radius 1 is 1.27 bits per heavy atom. The molecule has 26 heavy (non-hydrogen) atoms. The Hall–Kier alpha value is -1.43. The third-order valence-corrected chi connectivity index (χ3v) is 6.79. The molecule has 1 aromatic rings. The molecular formula is C21H30NO4+. The maximum atomic E-state index is 12.7. The van der Waals surface area contributed by atoms with E-state index >= 15 is 0 Å². The van der Waals surface area contributed by atoms with Gasteiger partial charge in [0.2, 0.25) is 0 Å². The van der Waals surface area contributed by atoms with Crippen LogP contribution in [0.5, 0.6) is 0 Å². The Bertz CT molecular complexity index is 631. The molecule has 3 fully saturated rings. The maximum absolute atomic E-state index is 12.7. The summed E-state index contributed by atoms with van der Waals surface area (Å²) in [7, 11) is 2.36. The van der Waals surface area contributed by atoms with Gasteiger partial charge in [-0.1, -0.05) is 43.7 Å². The van der Waals surface area contributed by atoms with Gasteiger partial charge in [0.25, 0.3) is 0 Å². The maximum Gasteiger partial charge on any atom is 0.316 e. The topological polar surface area (TPSA) is 59.1 Å². The number of carbonyl (C=O) groups is 1. The molecule has 2 bridgehead atoms. The molecule has 1 N–H and O–H groups in total. The van der Waals surface area contributed by atoms with Crippen molar-refractivity contribution in [2.75, 3.05) is 20.2 Å². The highest BCUT2D eigenvalue weighted by Gasteiger charge is 2.71. The molecular weight excluding hydrogens is 330 g/mol. The van der Waals surface area contributed by atoms with E-state index in [0.29, 0.717) is 24.3 Å². The number of carbonyl (C=O) groups excluding carboxylic acids is 1. The minimum Gasteiger partial charge on any atom is -0.461 e. The van der Waals surface area contributed by atoms with Crippen LogP contribution >= 0.6 is 0 Å². The average Bonchev–Trinajstić information content (AvgIpc) is 3.40. The average molecular weight is 360 g/mol. The van der Waals surface area contributed by atoms with Crippen molar-refractivity contribution in [3.8, 4) is 0 Å². The third-order valence-electron chi connectivity index (χ3n) is 6.79. The first-order valence-electron chi connectivity index (χ1n) is 9.95. The molecule has 0 aliphatic carbocycles. The Morgan fingerprint density at radius 3 is 2.50 bits per heavy atom. The highest BCUT2D eigenvalue weighted by molar-refractivity contribution is 5.78. The van der Waals surface area contributed by atoms with E-state index in [1.54, 1.807) is 0 Å². The minimum atomic E-state index is -0.595. The van der Waals surface area contributed by atoms with Crippen LogP contribution in [0.15, 0.2) is 30.3 Å². The van der Waals surface area contributed by atoms with E-state index in [0.717, 1.165) is 22.9 Å². The summed E-state index contributed by atoms with van der Waals surface area (Å²) in [6, 6.07) is 10.3. The molecule has 5 heteroatoms. The number of aliphatic hydroxyl groups is 1. The lowest BCUT2D eigenvalue weighted by atomic mass is 9.94. The van der Waals surface area contributed by atoms with Gasteiger partial charge >= 0.3 is 5.97 Å². The zero-order valence-electron chi connectivity index (χ0n) is 15.7. The van der Waals surface area contributed by atoms with Gasteiger partial charge in [0.1, 0.15) is 36.3 Å². The lowest BCUT2D eigenvalue weighted by Crippen LogP contribution is -2.62. The Kier molecular flexibility index (Phi) is 4.80. The monoisotopic (exact) mass is 360 g/mol. The number of esters is 1. The summed E-state index contributed by atoms with van der Waals surface area (Å²) in [5.74, 6) is -0.898. The van der Waals surface area contributed by atoms with Crippen LogP contribution in [0.25, 0.3) is 0 Å². The predicted octanol–water partition coefficient (Wildman–Crippen LogP) is 2.23. The largest absolute Gasteiger partial charge is 0.461 e. The Morgan fingerprint density at radius 2 is 1.92 bits per heavy atom. The molecule has 4 rings (SSSR count). The molecule has 7 atom stereocenters. The number of hydrogen-bond donors (Lipinski definition) is 1. The number of unbranched alkanes of at least 4 members (excludes halogenated alkanes) is 1. The SMILES string of the molecule is CCCC[N+]1(C)[C@@H]2CC(OC(=O)[C@@H](CO)c3ccccc3)C[C@@H]1[C@@H]1OC12. The summed E-state index contributed by atoms with van der Waals surface area (Å²) in [5.41, 5.74) is 0.813. The van der Waals surface area contributed by atoms with Gasteiger partial charge in [-0.15, -0.1) is 0 Å². The number of quaternary nitrogens is 1. The molecule has 0 amide bonds. The van der Waals surface area contributed by atoms with Crippen LogP contribution in [0.4, 0.5) is 0 Å². The number of aliphatic hydroxyl groups excluding tert-OH is 1. The zero-order valence-corrected chi connectivity index (χ0v) is 15.7. The molecule has 0 spiro atoms. The van der Waals surface area contributed by atoms with Crippen molar-refractivity contribution in [2.24, 2.45) is 0 Å². The molecule has 0 saturated carbocycles. The van der Waals surface area contributed by atoms with Gasteiger partial charge in [0.15, 0.2) is 0 Å². The lowest BCUT2D eigenvalue weighted by Gasteiger charge is -2.48. The number of rotatable bonds is 7. The van der Waals surface area contributed by atoms with E-state index < -0.39 is 5.92 Å². The van der Waals surface area contributed by atoms with E-state index in [1.165, 1.54) is 19.4 Å². The van der Waals surface area contributed by atoms with E-state index in [1.807, 2.05) is 30.3 Å². The number of likely N-dealkylation sites (N-methyl/N-ethyl adjacent to an activating group) is 1. The number of morpholine rings is 1. The summed E-state index contributed by atoms with van der Waals surface area (Å²) < 4.78 is 12.9. The van der Waals surface area contributed by atoms with Crippen LogP contribution in [0.1, 0.15) is 44.1 Å². The predicted molar refractivity (Wildman–Crippen MR) is 97.6 cm³/mol. The van der Waals surface area contributed by atoms with E-state index in [2.05, 4.69) is 14.0 Å². The van der Waals surface area contributed by atoms with Gasteiger partial charge in [-0.3, -0.25) is 4.79 Å². The molecule has 0 radical (unpaired) electrons. The van der Waals surface area contributed by atoms with Crippen molar-refractivity contribution in [1.82, 2.24) is 0 Å². The second-order valence-electron chi connectivity index (χ2n) is 8.30. The first kappa shape index (κ1) is 18.0. The highest BCUT2D eigenvalue weighted by atomic mass is 16.6. The molecule has 3 aliphatic heterocycles. The molecule has 3 heterocycles. The second-order valence-corrected chi connectivity index (χ2v) is 8.30. The number of fused-ring (bicyclic) bond motifs is 5. The van der Waals surface area contributed by atoms with Gasteiger partial charge in [-0.25, -0.2) is 0 Å². The summed E-state index contributed by atoms with van der Waals surface area (Å²) in [6.45, 7) is 3.20. The standard InChI is InChI=1S/C21H30NO4/c1-3-4-10-22(2)17-11-15(12-18(22)20-19(17)26-20)25-21(24)16(13-23)14-8-6-5-7-9-14/h5-9,15-20,23H,3-4,10-13H2,1-2H3/q+1/t15?,16-,17+,18+,19-,20?,22?/m0/s1. The summed E-state index contributed by atoms with van der Waals surface area (Å²) in [6.07, 6.45) is 4.83. The Labute approximate surface area is 155 Å². The smallest absolute Gasteiger partial charge is 0.316 e. The normalized spacial score (nSPS) is 38.5. The zero-order chi connectivity index (χ0) is 18.3. The minimum absolute atomic E-state index is 0.0560. The fraction of sp³-hybridized carbons (Fsp3) is 0.667. The molecule has 3 unspecified atom stereocenters. The van der Waals surface area contributed by atoms with Crippen LogP contribution in [0.3, 0.4) is 0 Å².